The molecular weight excluding hydrogens is 701 g/mol. The van der Waals surface area contributed by atoms with Crippen molar-refractivity contribution in [2.24, 2.45) is 0 Å². The van der Waals surface area contributed by atoms with E-state index in [1.165, 1.54) is 21.3 Å². The standard InChI is InChI=1S/C38H50N6O8S/c1-22(2)44(36(46)52-29-20-24(38(6,7)8)14-16-27(29)48-10)18-17-39-34-42-32(49-11)30(33(43-34)50-12)41-31(45)25-21-53-35(40-25)51-28-19-23(37(3,4)5)13-15-26(28)47-9/h13-16,19-22H,17-18H2,1-12H3,(H,41,45)(H,39,42,43). The van der Waals surface area contributed by atoms with Gasteiger partial charge in [-0.15, -0.1) is 0 Å². The second-order valence-corrected chi connectivity index (χ2v) is 15.1. The second-order valence-electron chi connectivity index (χ2n) is 14.3. The van der Waals surface area contributed by atoms with Gasteiger partial charge in [-0.05, 0) is 60.1 Å². The summed E-state index contributed by atoms with van der Waals surface area (Å²) >= 11 is 1.16. The van der Waals surface area contributed by atoms with Crippen molar-refractivity contribution in [3.63, 3.8) is 0 Å². The van der Waals surface area contributed by atoms with Gasteiger partial charge in [0.25, 0.3) is 11.1 Å². The maximum atomic E-state index is 13.4. The fraction of sp³-hybridized carbons (Fsp3) is 0.447. The van der Waals surface area contributed by atoms with E-state index in [9.17, 15) is 9.59 Å². The molecule has 2 amide bonds. The number of amides is 2. The molecule has 0 aliphatic heterocycles. The lowest BCUT2D eigenvalue weighted by Crippen LogP contribution is -2.42. The van der Waals surface area contributed by atoms with E-state index in [4.69, 9.17) is 28.4 Å². The number of carbonyl (C=O) groups is 2. The number of aromatic nitrogens is 3. The summed E-state index contributed by atoms with van der Waals surface area (Å²) < 4.78 is 33.8. The molecule has 14 nitrogen and oxygen atoms in total. The molecule has 0 spiro atoms. The monoisotopic (exact) mass is 750 g/mol. The van der Waals surface area contributed by atoms with E-state index in [2.05, 4.69) is 67.1 Å². The van der Waals surface area contributed by atoms with E-state index in [0.717, 1.165) is 22.5 Å². The molecule has 4 rings (SSSR count). The summed E-state index contributed by atoms with van der Waals surface area (Å²) in [7, 11) is 5.92. The molecule has 15 heteroatoms. The maximum Gasteiger partial charge on any atom is 0.415 e. The number of benzene rings is 2. The summed E-state index contributed by atoms with van der Waals surface area (Å²) in [5.74, 6) is 1.53. The Morgan fingerprint density at radius 2 is 1.32 bits per heavy atom. The quantitative estimate of drug-likeness (QED) is 0.129. The number of methoxy groups -OCH3 is 4. The summed E-state index contributed by atoms with van der Waals surface area (Å²) in [4.78, 5) is 41.5. The molecule has 0 saturated carbocycles. The van der Waals surface area contributed by atoms with Crippen molar-refractivity contribution in [2.75, 3.05) is 52.2 Å². The number of nitrogens with zero attached hydrogens (tertiary/aromatic N) is 4. The molecule has 53 heavy (non-hydrogen) atoms. The molecular formula is C38H50N6O8S. The smallest absolute Gasteiger partial charge is 0.415 e. The topological polar surface area (TPSA) is 155 Å². The zero-order chi connectivity index (χ0) is 39.1. The summed E-state index contributed by atoms with van der Waals surface area (Å²) in [6.07, 6.45) is -0.534. The third kappa shape index (κ3) is 10.2. The number of hydrogen-bond acceptors (Lipinski definition) is 13. The molecule has 0 aliphatic rings. The summed E-state index contributed by atoms with van der Waals surface area (Å²) in [5, 5.41) is 7.68. The number of rotatable bonds is 14. The molecule has 286 valence electrons. The van der Waals surface area contributed by atoms with E-state index in [-0.39, 0.29) is 64.2 Å². The molecule has 2 heterocycles. The molecule has 0 aliphatic carbocycles. The minimum absolute atomic E-state index is 0.0501. The molecule has 0 unspecified atom stereocenters. The van der Waals surface area contributed by atoms with Gasteiger partial charge >= 0.3 is 6.09 Å². The maximum absolute atomic E-state index is 13.4. The van der Waals surface area contributed by atoms with Crippen LogP contribution in [-0.4, -0.2) is 79.4 Å². The first kappa shape index (κ1) is 40.5. The Morgan fingerprint density at radius 3 is 1.83 bits per heavy atom. The van der Waals surface area contributed by atoms with Gasteiger partial charge < -0.3 is 44.0 Å². The van der Waals surface area contributed by atoms with E-state index < -0.39 is 12.0 Å². The molecule has 2 aromatic carbocycles. The minimum atomic E-state index is -0.553. The van der Waals surface area contributed by atoms with Crippen LogP contribution in [0.2, 0.25) is 0 Å². The predicted molar refractivity (Wildman–Crippen MR) is 205 cm³/mol. The van der Waals surface area contributed by atoms with Crippen LogP contribution in [0.1, 0.15) is 77.0 Å². The molecule has 0 atom stereocenters. The normalized spacial score (nSPS) is 11.5. The van der Waals surface area contributed by atoms with Gasteiger partial charge in [0.15, 0.2) is 28.7 Å². The summed E-state index contributed by atoms with van der Waals surface area (Å²) in [6, 6.07) is 11.1. The Kier molecular flexibility index (Phi) is 13.0. The molecule has 0 radical (unpaired) electrons. The molecule has 0 bridgehead atoms. The third-order valence-corrected chi connectivity index (χ3v) is 8.85. The van der Waals surface area contributed by atoms with Gasteiger partial charge in [0.2, 0.25) is 17.7 Å². The largest absolute Gasteiger partial charge is 0.493 e. The Bertz CT molecular complexity index is 1880. The summed E-state index contributed by atoms with van der Waals surface area (Å²) in [6.45, 7) is 16.8. The van der Waals surface area contributed by atoms with E-state index >= 15 is 0 Å². The second kappa shape index (κ2) is 17.0. The predicted octanol–water partition coefficient (Wildman–Crippen LogP) is 7.93. The highest BCUT2D eigenvalue weighted by Gasteiger charge is 2.25. The van der Waals surface area contributed by atoms with Gasteiger partial charge in [-0.2, -0.15) is 15.0 Å². The fourth-order valence-corrected chi connectivity index (χ4v) is 5.69. The Hall–Kier alpha value is -5.31. The van der Waals surface area contributed by atoms with Crippen molar-refractivity contribution < 1.29 is 38.0 Å². The number of nitrogens with one attached hydrogen (secondary N) is 2. The Morgan fingerprint density at radius 1 is 0.774 bits per heavy atom. The van der Waals surface area contributed by atoms with Crippen molar-refractivity contribution >= 4 is 35.0 Å². The zero-order valence-corrected chi connectivity index (χ0v) is 33.3. The lowest BCUT2D eigenvalue weighted by Gasteiger charge is -2.27. The highest BCUT2D eigenvalue weighted by atomic mass is 32.1. The van der Waals surface area contributed by atoms with Gasteiger partial charge in [-0.3, -0.25) is 4.79 Å². The van der Waals surface area contributed by atoms with Crippen LogP contribution in [0.3, 0.4) is 0 Å². The van der Waals surface area contributed by atoms with Crippen LogP contribution in [0.4, 0.5) is 16.4 Å². The molecule has 2 aromatic heterocycles. The molecule has 4 aromatic rings. The zero-order valence-electron chi connectivity index (χ0n) is 32.5. The van der Waals surface area contributed by atoms with E-state index in [0.29, 0.717) is 23.0 Å². The first-order chi connectivity index (χ1) is 25.0. The van der Waals surface area contributed by atoms with E-state index in [1.54, 1.807) is 23.5 Å². The van der Waals surface area contributed by atoms with Gasteiger partial charge in [-0.25, -0.2) is 4.79 Å². The molecule has 2 N–H and O–H groups in total. The summed E-state index contributed by atoms with van der Waals surface area (Å²) in [5.41, 5.74) is 2.01. The number of hydrogen-bond donors (Lipinski definition) is 2. The number of anilines is 2. The average Bonchev–Trinajstić information content (AvgIpc) is 3.58. The van der Waals surface area contributed by atoms with Gasteiger partial charge in [0.1, 0.15) is 5.69 Å². The minimum Gasteiger partial charge on any atom is -0.493 e. The van der Waals surface area contributed by atoms with Gasteiger partial charge in [0, 0.05) is 24.5 Å². The van der Waals surface area contributed by atoms with Crippen LogP contribution in [0.15, 0.2) is 41.8 Å². The highest BCUT2D eigenvalue weighted by Crippen LogP contribution is 2.38. The van der Waals surface area contributed by atoms with Crippen LogP contribution in [0.25, 0.3) is 0 Å². The van der Waals surface area contributed by atoms with Gasteiger partial charge in [0.05, 0.1) is 28.4 Å². The molecule has 0 fully saturated rings. The van der Waals surface area contributed by atoms with Crippen LogP contribution < -0.4 is 39.1 Å². The number of carbonyl (C=O) groups excluding carboxylic acids is 2. The highest BCUT2D eigenvalue weighted by molar-refractivity contribution is 7.11. The van der Waals surface area contributed by atoms with Crippen LogP contribution >= 0.6 is 11.3 Å². The third-order valence-electron chi connectivity index (χ3n) is 8.13. The van der Waals surface area contributed by atoms with Crippen molar-refractivity contribution in [2.45, 2.75) is 72.3 Å². The van der Waals surface area contributed by atoms with Crippen LogP contribution in [0, 0.1) is 0 Å². The van der Waals surface area contributed by atoms with Crippen molar-refractivity contribution in [1.82, 2.24) is 19.9 Å². The average molecular weight is 751 g/mol. The number of thiazole rings is 1. The first-order valence-electron chi connectivity index (χ1n) is 17.0. The molecule has 0 saturated heterocycles. The SMILES string of the molecule is COc1ccc(C(C)(C)C)cc1OC(=O)N(CCNc1nc(OC)c(NC(=O)c2csc(Oc3cc(C(C)(C)C)ccc3OC)n2)c(OC)n1)C(C)C. The van der Waals surface area contributed by atoms with E-state index in [1.807, 2.05) is 44.2 Å². The van der Waals surface area contributed by atoms with Crippen molar-refractivity contribution in [3.8, 4) is 40.0 Å². The fourth-order valence-electron chi connectivity index (χ4n) is 5.03. The van der Waals surface area contributed by atoms with Crippen molar-refractivity contribution in [3.05, 3.63) is 58.6 Å². The van der Waals surface area contributed by atoms with Gasteiger partial charge in [-0.1, -0.05) is 65.0 Å². The van der Waals surface area contributed by atoms with Crippen LogP contribution in [-0.2, 0) is 10.8 Å². The Labute approximate surface area is 315 Å². The van der Waals surface area contributed by atoms with Crippen molar-refractivity contribution in [1.29, 1.82) is 0 Å². The number of ether oxygens (including phenoxy) is 6. The van der Waals surface area contributed by atoms with Crippen LogP contribution in [0.5, 0.6) is 40.0 Å². The lowest BCUT2D eigenvalue weighted by atomic mass is 9.87. The first-order valence-corrected chi connectivity index (χ1v) is 17.9. The Balaban J connectivity index is 1.45. The lowest BCUT2D eigenvalue weighted by molar-refractivity contribution is 0.102.